The van der Waals surface area contributed by atoms with E-state index in [4.69, 9.17) is 5.73 Å². The van der Waals surface area contributed by atoms with Crippen molar-refractivity contribution in [2.75, 3.05) is 44.6 Å². The number of nitrogens with zero attached hydrogens (tertiary/aromatic N) is 2. The largest absolute Gasteiger partial charge is 0.332 e. The SMILES string of the molecule is CC(C)c1ccc(NC(=O)C(=O)N2CCN(CCN)CC2)cc1. The Morgan fingerprint density at radius 2 is 1.74 bits per heavy atom. The van der Waals surface area contributed by atoms with Crippen molar-refractivity contribution < 1.29 is 9.59 Å². The minimum absolute atomic E-state index is 0.436. The zero-order valence-electron chi connectivity index (χ0n) is 13.9. The summed E-state index contributed by atoms with van der Waals surface area (Å²) in [6.07, 6.45) is 0. The Hall–Kier alpha value is -1.92. The Morgan fingerprint density at radius 3 is 2.26 bits per heavy atom. The normalized spacial score (nSPS) is 15.7. The number of hydrogen-bond donors (Lipinski definition) is 2. The van der Waals surface area contributed by atoms with E-state index in [0.29, 0.717) is 31.2 Å². The molecule has 0 spiro atoms. The quantitative estimate of drug-likeness (QED) is 0.807. The summed E-state index contributed by atoms with van der Waals surface area (Å²) < 4.78 is 0. The first kappa shape index (κ1) is 17.4. The molecule has 0 radical (unpaired) electrons. The van der Waals surface area contributed by atoms with E-state index in [2.05, 4.69) is 24.1 Å². The van der Waals surface area contributed by atoms with E-state index in [1.54, 1.807) is 4.90 Å². The topological polar surface area (TPSA) is 78.7 Å². The lowest BCUT2D eigenvalue weighted by Gasteiger charge is -2.34. The third kappa shape index (κ3) is 4.77. The highest BCUT2D eigenvalue weighted by Gasteiger charge is 2.25. The van der Waals surface area contributed by atoms with Crippen LogP contribution >= 0.6 is 0 Å². The third-order valence-corrected chi connectivity index (χ3v) is 4.13. The number of rotatable bonds is 4. The highest BCUT2D eigenvalue weighted by molar-refractivity contribution is 6.39. The van der Waals surface area contributed by atoms with E-state index < -0.39 is 11.8 Å². The molecular formula is C17H26N4O2. The zero-order valence-corrected chi connectivity index (χ0v) is 13.9. The van der Waals surface area contributed by atoms with Crippen molar-refractivity contribution in [3.8, 4) is 0 Å². The van der Waals surface area contributed by atoms with Crippen LogP contribution in [0.2, 0.25) is 0 Å². The van der Waals surface area contributed by atoms with E-state index in [1.165, 1.54) is 5.56 Å². The number of piperazine rings is 1. The standard InChI is InChI=1S/C17H26N4O2/c1-13(2)14-3-5-15(6-4-14)19-16(22)17(23)21-11-9-20(8-7-18)10-12-21/h3-6,13H,7-12,18H2,1-2H3,(H,19,22). The van der Waals surface area contributed by atoms with E-state index in [1.807, 2.05) is 24.3 Å². The van der Waals surface area contributed by atoms with Crippen LogP contribution in [0.3, 0.4) is 0 Å². The molecule has 23 heavy (non-hydrogen) atoms. The van der Waals surface area contributed by atoms with Gasteiger partial charge in [0.05, 0.1) is 0 Å². The summed E-state index contributed by atoms with van der Waals surface area (Å²) in [5, 5.41) is 2.68. The second-order valence-electron chi connectivity index (χ2n) is 6.15. The van der Waals surface area contributed by atoms with Crippen LogP contribution in [0.25, 0.3) is 0 Å². The molecule has 1 aliphatic heterocycles. The van der Waals surface area contributed by atoms with Crippen LogP contribution < -0.4 is 11.1 Å². The lowest BCUT2D eigenvalue weighted by atomic mass is 10.0. The van der Waals surface area contributed by atoms with Gasteiger partial charge in [-0.05, 0) is 23.6 Å². The van der Waals surface area contributed by atoms with Crippen molar-refractivity contribution in [3.05, 3.63) is 29.8 Å². The monoisotopic (exact) mass is 318 g/mol. The number of nitrogens with two attached hydrogens (primary N) is 1. The van der Waals surface area contributed by atoms with Gasteiger partial charge in [-0.3, -0.25) is 14.5 Å². The molecule has 1 aromatic carbocycles. The highest BCUT2D eigenvalue weighted by Crippen LogP contribution is 2.17. The molecule has 3 N–H and O–H groups in total. The first-order chi connectivity index (χ1) is 11.0. The molecule has 1 aromatic rings. The van der Waals surface area contributed by atoms with Crippen LogP contribution in [-0.4, -0.2) is 60.9 Å². The summed E-state index contributed by atoms with van der Waals surface area (Å²) in [7, 11) is 0. The van der Waals surface area contributed by atoms with Crippen LogP contribution in [0.5, 0.6) is 0 Å². The van der Waals surface area contributed by atoms with Crippen molar-refractivity contribution in [2.45, 2.75) is 19.8 Å². The number of amides is 2. The van der Waals surface area contributed by atoms with Gasteiger partial charge in [0.15, 0.2) is 0 Å². The molecule has 6 heteroatoms. The van der Waals surface area contributed by atoms with E-state index in [-0.39, 0.29) is 0 Å². The molecule has 0 bridgehead atoms. The van der Waals surface area contributed by atoms with Gasteiger partial charge in [0.2, 0.25) is 0 Å². The van der Waals surface area contributed by atoms with Gasteiger partial charge in [0.1, 0.15) is 0 Å². The van der Waals surface area contributed by atoms with Crippen molar-refractivity contribution in [3.63, 3.8) is 0 Å². The molecule has 2 rings (SSSR count). The average molecular weight is 318 g/mol. The van der Waals surface area contributed by atoms with Gasteiger partial charge < -0.3 is 16.0 Å². The molecule has 0 aliphatic carbocycles. The van der Waals surface area contributed by atoms with Gasteiger partial charge in [-0.25, -0.2) is 0 Å². The zero-order chi connectivity index (χ0) is 16.8. The molecule has 1 saturated heterocycles. The van der Waals surface area contributed by atoms with Gasteiger partial charge in [-0.15, -0.1) is 0 Å². The maximum Gasteiger partial charge on any atom is 0.313 e. The lowest BCUT2D eigenvalue weighted by Crippen LogP contribution is -2.52. The molecule has 0 atom stereocenters. The summed E-state index contributed by atoms with van der Waals surface area (Å²) in [6.45, 7) is 8.33. The molecule has 1 aliphatic rings. The van der Waals surface area contributed by atoms with Crippen molar-refractivity contribution in [2.24, 2.45) is 5.73 Å². The summed E-state index contributed by atoms with van der Waals surface area (Å²) in [6, 6.07) is 7.60. The Balaban J connectivity index is 1.87. The predicted octanol–water partition coefficient (Wildman–Crippen LogP) is 0.851. The lowest BCUT2D eigenvalue weighted by molar-refractivity contribution is -0.144. The van der Waals surface area contributed by atoms with Gasteiger partial charge >= 0.3 is 11.8 Å². The number of benzene rings is 1. The second kappa shape index (κ2) is 8.08. The fourth-order valence-electron chi connectivity index (χ4n) is 2.64. The van der Waals surface area contributed by atoms with Crippen molar-refractivity contribution >= 4 is 17.5 Å². The Labute approximate surface area is 137 Å². The Kier molecular flexibility index (Phi) is 6.12. The molecule has 1 heterocycles. The number of carbonyl (C=O) groups is 2. The average Bonchev–Trinajstić information content (AvgIpc) is 2.55. The minimum atomic E-state index is -0.574. The Morgan fingerprint density at radius 1 is 1.13 bits per heavy atom. The smallest absolute Gasteiger partial charge is 0.313 e. The number of carbonyl (C=O) groups excluding carboxylic acids is 2. The van der Waals surface area contributed by atoms with Crippen LogP contribution in [0.4, 0.5) is 5.69 Å². The third-order valence-electron chi connectivity index (χ3n) is 4.13. The minimum Gasteiger partial charge on any atom is -0.332 e. The molecule has 1 fully saturated rings. The van der Waals surface area contributed by atoms with Crippen molar-refractivity contribution in [1.82, 2.24) is 9.80 Å². The van der Waals surface area contributed by atoms with Crippen molar-refractivity contribution in [1.29, 1.82) is 0 Å². The second-order valence-corrected chi connectivity index (χ2v) is 6.15. The maximum atomic E-state index is 12.2. The van der Waals surface area contributed by atoms with Crippen LogP contribution in [-0.2, 0) is 9.59 Å². The number of hydrogen-bond acceptors (Lipinski definition) is 4. The first-order valence-corrected chi connectivity index (χ1v) is 8.14. The highest BCUT2D eigenvalue weighted by atomic mass is 16.2. The van der Waals surface area contributed by atoms with Gasteiger partial charge in [-0.1, -0.05) is 26.0 Å². The molecule has 6 nitrogen and oxygen atoms in total. The number of nitrogens with one attached hydrogen (secondary N) is 1. The molecule has 0 unspecified atom stereocenters. The van der Waals surface area contributed by atoms with Gasteiger partial charge in [-0.2, -0.15) is 0 Å². The van der Waals surface area contributed by atoms with Crippen LogP contribution in [0, 0.1) is 0 Å². The molecule has 126 valence electrons. The Bertz CT molecular complexity index is 534. The molecular weight excluding hydrogens is 292 g/mol. The maximum absolute atomic E-state index is 12.2. The van der Waals surface area contributed by atoms with Gasteiger partial charge in [0, 0.05) is 45.0 Å². The summed E-state index contributed by atoms with van der Waals surface area (Å²) in [4.78, 5) is 28.1. The van der Waals surface area contributed by atoms with Crippen LogP contribution in [0.1, 0.15) is 25.3 Å². The van der Waals surface area contributed by atoms with E-state index in [0.717, 1.165) is 19.6 Å². The van der Waals surface area contributed by atoms with E-state index in [9.17, 15) is 9.59 Å². The van der Waals surface area contributed by atoms with E-state index >= 15 is 0 Å². The summed E-state index contributed by atoms with van der Waals surface area (Å²) >= 11 is 0. The molecule has 0 aromatic heterocycles. The van der Waals surface area contributed by atoms with Crippen LogP contribution in [0.15, 0.2) is 24.3 Å². The number of anilines is 1. The fraction of sp³-hybridized carbons (Fsp3) is 0.529. The fourth-order valence-corrected chi connectivity index (χ4v) is 2.64. The first-order valence-electron chi connectivity index (χ1n) is 8.14. The molecule has 0 saturated carbocycles. The predicted molar refractivity (Wildman–Crippen MR) is 91.2 cm³/mol. The molecule has 2 amide bonds. The summed E-state index contributed by atoms with van der Waals surface area (Å²) in [5.74, 6) is -0.605. The summed E-state index contributed by atoms with van der Waals surface area (Å²) in [5.41, 5.74) is 7.38. The van der Waals surface area contributed by atoms with Gasteiger partial charge in [0.25, 0.3) is 0 Å².